The van der Waals surface area contributed by atoms with Crippen LogP contribution in [0.2, 0.25) is 0 Å². The van der Waals surface area contributed by atoms with Gasteiger partial charge in [0.05, 0.1) is 17.7 Å². The van der Waals surface area contributed by atoms with E-state index < -0.39 is 11.4 Å². The molecule has 0 aromatic carbocycles. The number of aromatic nitrogens is 3. The lowest BCUT2D eigenvalue weighted by Crippen LogP contribution is -2.26. The zero-order valence-electron chi connectivity index (χ0n) is 10.5. The second-order valence-electron chi connectivity index (χ2n) is 4.67. The van der Waals surface area contributed by atoms with Crippen molar-refractivity contribution in [3.63, 3.8) is 0 Å². The average Bonchev–Trinajstić information content (AvgIpc) is 2.96. The molecule has 0 aliphatic heterocycles. The predicted octanol–water partition coefficient (Wildman–Crippen LogP) is 1.34. The number of thiazole rings is 1. The maximum absolute atomic E-state index is 11.0. The SMILES string of the molecule is CC(C)(Cc1nnc(-c2nc(CO)cs2)o1)C(=O)O. The molecule has 0 spiro atoms. The van der Waals surface area contributed by atoms with Crippen molar-refractivity contribution in [2.24, 2.45) is 5.41 Å². The number of carboxylic acid groups (broad SMARTS) is 1. The third-order valence-corrected chi connectivity index (χ3v) is 3.41. The first-order chi connectivity index (χ1) is 8.92. The van der Waals surface area contributed by atoms with Gasteiger partial charge in [0, 0.05) is 11.8 Å². The van der Waals surface area contributed by atoms with Gasteiger partial charge in [0.15, 0.2) is 5.01 Å². The Balaban J connectivity index is 2.17. The van der Waals surface area contributed by atoms with Crippen molar-refractivity contribution in [1.82, 2.24) is 15.2 Å². The van der Waals surface area contributed by atoms with Gasteiger partial charge < -0.3 is 14.6 Å². The standard InChI is InChI=1S/C11H13N3O4S/c1-11(2,10(16)17)3-7-13-14-8(18-7)9-12-6(4-15)5-19-9/h5,15H,3-4H2,1-2H3,(H,16,17). The van der Waals surface area contributed by atoms with Crippen molar-refractivity contribution in [2.75, 3.05) is 0 Å². The number of hydrogen-bond donors (Lipinski definition) is 2. The predicted molar refractivity (Wildman–Crippen MR) is 66.4 cm³/mol. The Hall–Kier alpha value is -1.80. The molecular weight excluding hydrogens is 270 g/mol. The molecule has 0 fully saturated rings. The maximum atomic E-state index is 11.0. The van der Waals surface area contributed by atoms with Crippen molar-refractivity contribution >= 4 is 17.3 Å². The van der Waals surface area contributed by atoms with Crippen LogP contribution in [0, 0.1) is 5.41 Å². The molecule has 7 nitrogen and oxygen atoms in total. The molecule has 0 unspecified atom stereocenters. The van der Waals surface area contributed by atoms with E-state index >= 15 is 0 Å². The first-order valence-electron chi connectivity index (χ1n) is 5.54. The Morgan fingerprint density at radius 3 is 2.79 bits per heavy atom. The van der Waals surface area contributed by atoms with E-state index in [1.54, 1.807) is 19.2 Å². The third kappa shape index (κ3) is 2.96. The van der Waals surface area contributed by atoms with Crippen LogP contribution in [-0.4, -0.2) is 31.4 Å². The average molecular weight is 283 g/mol. The summed E-state index contributed by atoms with van der Waals surface area (Å²) in [6.45, 7) is 3.03. The Morgan fingerprint density at radius 2 is 2.21 bits per heavy atom. The highest BCUT2D eigenvalue weighted by Crippen LogP contribution is 2.26. The van der Waals surface area contributed by atoms with Crippen LogP contribution in [0.4, 0.5) is 0 Å². The number of rotatable bonds is 5. The summed E-state index contributed by atoms with van der Waals surface area (Å²) >= 11 is 1.28. The first-order valence-corrected chi connectivity index (χ1v) is 6.42. The van der Waals surface area contributed by atoms with Crippen molar-refractivity contribution in [3.8, 4) is 10.9 Å². The van der Waals surface area contributed by atoms with Crippen molar-refractivity contribution < 1.29 is 19.4 Å². The Labute approximate surface area is 112 Å². The summed E-state index contributed by atoms with van der Waals surface area (Å²) in [6.07, 6.45) is 0.146. The number of aliphatic carboxylic acids is 1. The quantitative estimate of drug-likeness (QED) is 0.852. The van der Waals surface area contributed by atoms with Crippen LogP contribution in [0.25, 0.3) is 10.9 Å². The lowest BCUT2D eigenvalue weighted by molar-refractivity contribution is -0.147. The molecule has 0 aliphatic rings. The van der Waals surface area contributed by atoms with Gasteiger partial charge in [-0.3, -0.25) is 4.79 Å². The molecule has 0 amide bonds. The van der Waals surface area contributed by atoms with Gasteiger partial charge in [-0.25, -0.2) is 4.98 Å². The van der Waals surface area contributed by atoms with Crippen LogP contribution in [0.3, 0.4) is 0 Å². The number of aliphatic hydroxyl groups is 1. The van der Waals surface area contributed by atoms with Crippen LogP contribution in [0.15, 0.2) is 9.80 Å². The second kappa shape index (κ2) is 5.06. The van der Waals surface area contributed by atoms with Gasteiger partial charge in [-0.1, -0.05) is 0 Å². The first kappa shape index (κ1) is 13.6. The molecular formula is C11H13N3O4S. The number of carboxylic acids is 1. The number of carbonyl (C=O) groups is 1. The number of aliphatic hydroxyl groups excluding tert-OH is 1. The fraction of sp³-hybridized carbons (Fsp3) is 0.455. The van der Waals surface area contributed by atoms with Gasteiger partial charge in [-0.2, -0.15) is 0 Å². The second-order valence-corrected chi connectivity index (χ2v) is 5.53. The van der Waals surface area contributed by atoms with Gasteiger partial charge in [-0.05, 0) is 13.8 Å². The zero-order chi connectivity index (χ0) is 14.0. The zero-order valence-corrected chi connectivity index (χ0v) is 11.3. The van der Waals surface area contributed by atoms with Crippen molar-refractivity contribution in [1.29, 1.82) is 0 Å². The normalized spacial score (nSPS) is 11.7. The van der Waals surface area contributed by atoms with Gasteiger partial charge in [-0.15, -0.1) is 21.5 Å². The van der Waals surface area contributed by atoms with E-state index in [0.29, 0.717) is 10.7 Å². The molecule has 0 aliphatic carbocycles. The smallest absolute Gasteiger partial charge is 0.309 e. The maximum Gasteiger partial charge on any atom is 0.309 e. The topological polar surface area (TPSA) is 109 Å². The minimum Gasteiger partial charge on any atom is -0.481 e. The summed E-state index contributed by atoms with van der Waals surface area (Å²) in [5.74, 6) is -0.437. The van der Waals surface area contributed by atoms with E-state index in [4.69, 9.17) is 14.6 Å². The molecule has 8 heteroatoms. The third-order valence-electron chi connectivity index (χ3n) is 2.54. The molecule has 0 radical (unpaired) electrons. The minimum atomic E-state index is -0.969. The molecule has 2 heterocycles. The lowest BCUT2D eigenvalue weighted by Gasteiger charge is -2.15. The summed E-state index contributed by atoms with van der Waals surface area (Å²) in [4.78, 5) is 15.1. The van der Waals surface area contributed by atoms with Crippen LogP contribution in [-0.2, 0) is 17.8 Å². The molecule has 0 bridgehead atoms. The van der Waals surface area contributed by atoms with E-state index in [9.17, 15) is 4.79 Å². The minimum absolute atomic E-state index is 0.146. The van der Waals surface area contributed by atoms with Gasteiger partial charge in [0.2, 0.25) is 5.89 Å². The Bertz CT molecular complexity index is 590. The fourth-order valence-electron chi connectivity index (χ4n) is 1.34. The van der Waals surface area contributed by atoms with E-state index in [1.165, 1.54) is 11.3 Å². The summed E-state index contributed by atoms with van der Waals surface area (Å²) in [7, 11) is 0. The molecule has 2 aromatic rings. The molecule has 2 rings (SSSR count). The highest BCUT2D eigenvalue weighted by atomic mass is 32.1. The summed E-state index contributed by atoms with van der Waals surface area (Å²) in [5.41, 5.74) is -0.436. The van der Waals surface area contributed by atoms with Crippen LogP contribution in [0.1, 0.15) is 25.4 Å². The van der Waals surface area contributed by atoms with E-state index in [0.717, 1.165) is 0 Å². The summed E-state index contributed by atoms with van der Waals surface area (Å²) < 4.78 is 5.39. The summed E-state index contributed by atoms with van der Waals surface area (Å²) in [5, 5.41) is 27.8. The van der Waals surface area contributed by atoms with Gasteiger partial charge in [0.1, 0.15) is 0 Å². The summed E-state index contributed by atoms with van der Waals surface area (Å²) in [6, 6.07) is 0. The molecule has 2 N–H and O–H groups in total. The molecule has 0 saturated heterocycles. The number of nitrogens with zero attached hydrogens (tertiary/aromatic N) is 3. The van der Waals surface area contributed by atoms with E-state index in [1.807, 2.05) is 0 Å². The van der Waals surface area contributed by atoms with Crippen molar-refractivity contribution in [3.05, 3.63) is 17.0 Å². The van der Waals surface area contributed by atoms with Gasteiger partial charge >= 0.3 is 5.97 Å². The molecule has 0 saturated carbocycles. The van der Waals surface area contributed by atoms with Crippen LogP contribution in [0.5, 0.6) is 0 Å². The molecule has 102 valence electrons. The Kier molecular flexibility index (Phi) is 3.63. The number of hydrogen-bond acceptors (Lipinski definition) is 7. The Morgan fingerprint density at radius 1 is 1.47 bits per heavy atom. The monoisotopic (exact) mass is 283 g/mol. The highest BCUT2D eigenvalue weighted by molar-refractivity contribution is 7.13. The van der Waals surface area contributed by atoms with E-state index in [-0.39, 0.29) is 24.8 Å². The molecule has 19 heavy (non-hydrogen) atoms. The highest BCUT2D eigenvalue weighted by Gasteiger charge is 2.30. The fourth-order valence-corrected chi connectivity index (χ4v) is 2.07. The molecule has 2 aromatic heterocycles. The van der Waals surface area contributed by atoms with E-state index in [2.05, 4.69) is 15.2 Å². The van der Waals surface area contributed by atoms with Gasteiger partial charge in [0.25, 0.3) is 5.89 Å². The van der Waals surface area contributed by atoms with Crippen LogP contribution < -0.4 is 0 Å². The lowest BCUT2D eigenvalue weighted by atomic mass is 9.90. The van der Waals surface area contributed by atoms with Crippen LogP contribution >= 0.6 is 11.3 Å². The van der Waals surface area contributed by atoms with Crippen molar-refractivity contribution in [2.45, 2.75) is 26.9 Å². The molecule has 0 atom stereocenters. The largest absolute Gasteiger partial charge is 0.481 e.